The largest absolute Gasteiger partial charge is 0.351 e. The number of rotatable bonds is 5. The molecule has 0 radical (unpaired) electrons. The van der Waals surface area contributed by atoms with E-state index in [1.807, 2.05) is 36.4 Å². The first-order valence-corrected chi connectivity index (χ1v) is 8.52. The molecular formula is C20H17BrN2O. The average molecular weight is 381 g/mol. The maximum Gasteiger partial charge on any atom is 0.252 e. The van der Waals surface area contributed by atoms with Crippen LogP contribution in [0.3, 0.4) is 0 Å². The zero-order chi connectivity index (χ0) is 16.8. The fourth-order valence-electron chi connectivity index (χ4n) is 2.63. The van der Waals surface area contributed by atoms with Crippen molar-refractivity contribution in [3.8, 4) is 0 Å². The second-order valence-corrected chi connectivity index (χ2v) is 6.39. The van der Waals surface area contributed by atoms with Crippen molar-refractivity contribution < 1.29 is 4.79 Å². The second-order valence-electron chi connectivity index (χ2n) is 5.48. The van der Waals surface area contributed by atoms with Gasteiger partial charge in [-0.05, 0) is 33.1 Å². The van der Waals surface area contributed by atoms with E-state index in [9.17, 15) is 4.79 Å². The third-order valence-corrected chi connectivity index (χ3v) is 4.27. The molecule has 0 aliphatic rings. The molecular weight excluding hydrogens is 364 g/mol. The highest BCUT2D eigenvalue weighted by Gasteiger charge is 2.16. The summed E-state index contributed by atoms with van der Waals surface area (Å²) < 4.78 is 0.790. The lowest BCUT2D eigenvalue weighted by molar-refractivity contribution is 0.0952. The van der Waals surface area contributed by atoms with Crippen LogP contribution in [0.2, 0.25) is 0 Å². The Balaban J connectivity index is 1.79. The van der Waals surface area contributed by atoms with Crippen LogP contribution in [-0.4, -0.2) is 17.4 Å². The van der Waals surface area contributed by atoms with Gasteiger partial charge in [0.2, 0.25) is 0 Å². The third-order valence-electron chi connectivity index (χ3n) is 3.84. The summed E-state index contributed by atoms with van der Waals surface area (Å²) >= 11 is 3.34. The number of nitrogens with zero attached hydrogens (tertiary/aromatic N) is 1. The molecule has 0 saturated carbocycles. The van der Waals surface area contributed by atoms with Gasteiger partial charge in [-0.2, -0.15) is 0 Å². The number of carbonyl (C=O) groups is 1. The van der Waals surface area contributed by atoms with Crippen LogP contribution in [0, 0.1) is 0 Å². The van der Waals surface area contributed by atoms with Gasteiger partial charge in [0.1, 0.15) is 0 Å². The SMILES string of the molecule is O=C(NCC(c1ccccc1)c1ccccc1)c1cncc(Br)c1. The molecule has 4 heteroatoms. The van der Waals surface area contributed by atoms with E-state index in [1.54, 1.807) is 18.5 Å². The number of carbonyl (C=O) groups excluding carboxylic acids is 1. The maximum absolute atomic E-state index is 12.4. The van der Waals surface area contributed by atoms with Crippen LogP contribution in [0.25, 0.3) is 0 Å². The zero-order valence-corrected chi connectivity index (χ0v) is 14.6. The Bertz CT molecular complexity index is 767. The smallest absolute Gasteiger partial charge is 0.252 e. The molecule has 120 valence electrons. The molecule has 3 rings (SSSR count). The first-order chi connectivity index (χ1) is 11.7. The van der Waals surface area contributed by atoms with Crippen molar-refractivity contribution in [3.05, 3.63) is 100 Å². The number of hydrogen-bond donors (Lipinski definition) is 1. The Morgan fingerprint density at radius 2 is 1.54 bits per heavy atom. The molecule has 1 N–H and O–H groups in total. The average Bonchev–Trinajstić information content (AvgIpc) is 2.63. The van der Waals surface area contributed by atoms with Crippen LogP contribution in [0.1, 0.15) is 27.4 Å². The minimum absolute atomic E-state index is 0.108. The molecule has 2 aromatic carbocycles. The number of hydrogen-bond acceptors (Lipinski definition) is 2. The van der Waals surface area contributed by atoms with Gasteiger partial charge in [0.05, 0.1) is 5.56 Å². The van der Waals surface area contributed by atoms with Crippen LogP contribution < -0.4 is 5.32 Å². The predicted octanol–water partition coefficient (Wildman–Crippen LogP) is 4.41. The molecule has 0 spiro atoms. The summed E-state index contributed by atoms with van der Waals surface area (Å²) in [7, 11) is 0. The summed E-state index contributed by atoms with van der Waals surface area (Å²) in [4.78, 5) is 16.4. The summed E-state index contributed by atoms with van der Waals surface area (Å²) in [5.41, 5.74) is 2.90. The van der Waals surface area contributed by atoms with E-state index >= 15 is 0 Å². The molecule has 1 aromatic heterocycles. The first kappa shape index (κ1) is 16.4. The van der Waals surface area contributed by atoms with Crippen molar-refractivity contribution in [2.75, 3.05) is 6.54 Å². The number of pyridine rings is 1. The van der Waals surface area contributed by atoms with Gasteiger partial charge < -0.3 is 5.32 Å². The summed E-state index contributed by atoms with van der Waals surface area (Å²) in [5, 5.41) is 3.02. The minimum atomic E-state index is -0.124. The number of aromatic nitrogens is 1. The Kier molecular flexibility index (Phi) is 5.39. The van der Waals surface area contributed by atoms with Gasteiger partial charge in [-0.1, -0.05) is 60.7 Å². The van der Waals surface area contributed by atoms with E-state index in [4.69, 9.17) is 0 Å². The van der Waals surface area contributed by atoms with Gasteiger partial charge in [0.25, 0.3) is 5.91 Å². The van der Waals surface area contributed by atoms with Gasteiger partial charge in [-0.25, -0.2) is 0 Å². The summed E-state index contributed by atoms with van der Waals surface area (Å²) in [5.74, 6) is -0.0166. The van der Waals surface area contributed by atoms with Crippen molar-refractivity contribution in [2.24, 2.45) is 0 Å². The second kappa shape index (κ2) is 7.88. The molecule has 1 amide bonds. The number of benzene rings is 2. The van der Waals surface area contributed by atoms with Crippen molar-refractivity contribution >= 4 is 21.8 Å². The van der Waals surface area contributed by atoms with E-state index in [2.05, 4.69) is 50.5 Å². The van der Waals surface area contributed by atoms with Crippen molar-refractivity contribution in [1.82, 2.24) is 10.3 Å². The molecule has 0 aliphatic heterocycles. The standard InChI is InChI=1S/C20H17BrN2O/c21-18-11-17(12-22-13-18)20(24)23-14-19(15-7-3-1-4-8-15)16-9-5-2-6-10-16/h1-13,19H,14H2,(H,23,24). The van der Waals surface area contributed by atoms with Gasteiger partial charge in [0, 0.05) is 29.3 Å². The lowest BCUT2D eigenvalue weighted by Crippen LogP contribution is -2.29. The Morgan fingerprint density at radius 3 is 2.08 bits per heavy atom. The third kappa shape index (κ3) is 4.09. The van der Waals surface area contributed by atoms with E-state index in [0.717, 1.165) is 4.47 Å². The predicted molar refractivity (Wildman–Crippen MR) is 99.0 cm³/mol. The van der Waals surface area contributed by atoms with Gasteiger partial charge >= 0.3 is 0 Å². The topological polar surface area (TPSA) is 42.0 Å². The highest BCUT2D eigenvalue weighted by molar-refractivity contribution is 9.10. The van der Waals surface area contributed by atoms with E-state index in [1.165, 1.54) is 11.1 Å². The Labute approximate surface area is 149 Å². The van der Waals surface area contributed by atoms with Crippen LogP contribution in [0.4, 0.5) is 0 Å². The Morgan fingerprint density at radius 1 is 0.958 bits per heavy atom. The van der Waals surface area contributed by atoms with Crippen LogP contribution >= 0.6 is 15.9 Å². The highest BCUT2D eigenvalue weighted by Crippen LogP contribution is 2.23. The number of nitrogens with one attached hydrogen (secondary N) is 1. The van der Waals surface area contributed by atoms with Crippen LogP contribution in [0.15, 0.2) is 83.6 Å². The molecule has 0 aliphatic carbocycles. The van der Waals surface area contributed by atoms with E-state index in [-0.39, 0.29) is 11.8 Å². The molecule has 1 heterocycles. The maximum atomic E-state index is 12.4. The van der Waals surface area contributed by atoms with Gasteiger partial charge in [-0.3, -0.25) is 9.78 Å². The monoisotopic (exact) mass is 380 g/mol. The number of amides is 1. The van der Waals surface area contributed by atoms with Crippen molar-refractivity contribution in [1.29, 1.82) is 0 Å². The molecule has 24 heavy (non-hydrogen) atoms. The molecule has 3 nitrogen and oxygen atoms in total. The highest BCUT2D eigenvalue weighted by atomic mass is 79.9. The molecule has 0 atom stereocenters. The van der Waals surface area contributed by atoms with Crippen molar-refractivity contribution in [3.63, 3.8) is 0 Å². The summed E-state index contributed by atoms with van der Waals surface area (Å²) in [6, 6.07) is 22.2. The lowest BCUT2D eigenvalue weighted by Gasteiger charge is -2.19. The van der Waals surface area contributed by atoms with E-state index < -0.39 is 0 Å². The number of halogens is 1. The molecule has 0 fully saturated rings. The molecule has 3 aromatic rings. The fourth-order valence-corrected chi connectivity index (χ4v) is 3.00. The normalized spacial score (nSPS) is 10.6. The fraction of sp³-hybridized carbons (Fsp3) is 0.100. The van der Waals surface area contributed by atoms with Crippen LogP contribution in [-0.2, 0) is 0 Å². The van der Waals surface area contributed by atoms with Gasteiger partial charge in [-0.15, -0.1) is 0 Å². The van der Waals surface area contributed by atoms with Gasteiger partial charge in [0.15, 0.2) is 0 Å². The molecule has 0 bridgehead atoms. The minimum Gasteiger partial charge on any atom is -0.351 e. The van der Waals surface area contributed by atoms with Crippen molar-refractivity contribution in [2.45, 2.75) is 5.92 Å². The molecule has 0 unspecified atom stereocenters. The summed E-state index contributed by atoms with van der Waals surface area (Å²) in [6.45, 7) is 0.527. The first-order valence-electron chi connectivity index (χ1n) is 7.72. The lowest BCUT2D eigenvalue weighted by atomic mass is 9.91. The Hall–Kier alpha value is -2.46. The zero-order valence-electron chi connectivity index (χ0n) is 13.0. The molecule has 0 saturated heterocycles. The quantitative estimate of drug-likeness (QED) is 0.712. The summed E-state index contributed by atoms with van der Waals surface area (Å²) in [6.07, 6.45) is 3.23. The van der Waals surface area contributed by atoms with Crippen LogP contribution in [0.5, 0.6) is 0 Å². The van der Waals surface area contributed by atoms with E-state index in [0.29, 0.717) is 12.1 Å².